The van der Waals surface area contributed by atoms with E-state index in [1.807, 2.05) is 24.3 Å². The zero-order valence-electron chi connectivity index (χ0n) is 21.7. The third-order valence-corrected chi connectivity index (χ3v) is 7.71. The highest BCUT2D eigenvalue weighted by atomic mass is 16.6. The maximum absolute atomic E-state index is 13.9. The molecule has 0 spiro atoms. The van der Waals surface area contributed by atoms with E-state index in [0.29, 0.717) is 25.1 Å². The Hall–Kier alpha value is -3.10. The zero-order chi connectivity index (χ0) is 26.3. The van der Waals surface area contributed by atoms with Crippen molar-refractivity contribution in [2.75, 3.05) is 20.3 Å². The summed E-state index contributed by atoms with van der Waals surface area (Å²) in [7, 11) is 1.59. The van der Waals surface area contributed by atoms with Crippen LogP contribution in [0.15, 0.2) is 24.3 Å². The first-order valence-corrected chi connectivity index (χ1v) is 12.6. The number of rotatable bonds is 7. The Labute approximate surface area is 212 Å². The molecule has 5 atom stereocenters. The second-order valence-corrected chi connectivity index (χ2v) is 10.9. The van der Waals surface area contributed by atoms with Crippen LogP contribution in [-0.4, -0.2) is 71.5 Å². The molecule has 2 aliphatic heterocycles. The molecule has 3 fully saturated rings. The monoisotopic (exact) mass is 500 g/mol. The van der Waals surface area contributed by atoms with Gasteiger partial charge in [-0.05, 0) is 64.2 Å². The van der Waals surface area contributed by atoms with Crippen molar-refractivity contribution in [2.24, 2.45) is 17.8 Å². The van der Waals surface area contributed by atoms with E-state index in [-0.39, 0.29) is 37.3 Å². The summed E-state index contributed by atoms with van der Waals surface area (Å²) >= 11 is 0. The van der Waals surface area contributed by atoms with Gasteiger partial charge < -0.3 is 28.8 Å². The number of hydrogen-bond acceptors (Lipinski definition) is 7. The van der Waals surface area contributed by atoms with Crippen molar-refractivity contribution in [3.05, 3.63) is 29.8 Å². The predicted octanol–water partition coefficient (Wildman–Crippen LogP) is 3.19. The minimum atomic E-state index is -1.06. The maximum atomic E-state index is 13.9. The fraction of sp³-hybridized carbons (Fsp3) is 0.630. The van der Waals surface area contributed by atoms with Gasteiger partial charge in [0.15, 0.2) is 0 Å². The average molecular weight is 501 g/mol. The van der Waals surface area contributed by atoms with E-state index in [2.05, 4.69) is 0 Å². The summed E-state index contributed by atoms with van der Waals surface area (Å²) in [6, 6.07) is 6.72. The Morgan fingerprint density at radius 1 is 1.19 bits per heavy atom. The number of methoxy groups -OCH3 is 1. The molecule has 196 valence electrons. The van der Waals surface area contributed by atoms with Crippen molar-refractivity contribution >= 4 is 24.3 Å². The number of piperidine rings is 1. The van der Waals surface area contributed by atoms with Crippen LogP contribution < -0.4 is 4.74 Å². The highest BCUT2D eigenvalue weighted by Crippen LogP contribution is 2.58. The van der Waals surface area contributed by atoms with Crippen LogP contribution in [-0.2, 0) is 30.4 Å². The number of hydrogen-bond donors (Lipinski definition) is 0. The summed E-state index contributed by atoms with van der Waals surface area (Å²) in [6.45, 7) is 7.90. The molecule has 2 saturated heterocycles. The van der Waals surface area contributed by atoms with Crippen LogP contribution in [0.2, 0.25) is 0 Å². The number of likely N-dealkylation sites (tertiary alicyclic amines) is 2. The molecule has 1 saturated carbocycles. The third-order valence-electron chi connectivity index (χ3n) is 7.71. The van der Waals surface area contributed by atoms with Crippen LogP contribution in [0.25, 0.3) is 0 Å². The van der Waals surface area contributed by atoms with Crippen molar-refractivity contribution < 1.29 is 33.4 Å². The lowest BCUT2D eigenvalue weighted by Gasteiger charge is -2.58. The predicted molar refractivity (Wildman–Crippen MR) is 130 cm³/mol. The number of aldehydes is 1. The highest BCUT2D eigenvalue weighted by Gasteiger charge is 2.70. The zero-order valence-corrected chi connectivity index (χ0v) is 21.7. The van der Waals surface area contributed by atoms with Gasteiger partial charge in [-0.2, -0.15) is 0 Å². The van der Waals surface area contributed by atoms with E-state index in [9.17, 15) is 19.2 Å². The van der Waals surface area contributed by atoms with Crippen LogP contribution in [0.5, 0.6) is 5.75 Å². The molecule has 9 nitrogen and oxygen atoms in total. The van der Waals surface area contributed by atoms with E-state index in [1.165, 1.54) is 0 Å². The van der Waals surface area contributed by atoms with Crippen molar-refractivity contribution in [1.82, 2.24) is 9.80 Å². The summed E-state index contributed by atoms with van der Waals surface area (Å²) in [5, 5.41) is 0. The molecule has 36 heavy (non-hydrogen) atoms. The molecule has 0 radical (unpaired) electrons. The minimum Gasteiger partial charge on any atom is -0.497 e. The third kappa shape index (κ3) is 4.44. The van der Waals surface area contributed by atoms with Gasteiger partial charge in [0.05, 0.1) is 31.7 Å². The van der Waals surface area contributed by atoms with Crippen molar-refractivity contribution in [3.8, 4) is 5.75 Å². The Morgan fingerprint density at radius 2 is 1.89 bits per heavy atom. The van der Waals surface area contributed by atoms with Gasteiger partial charge in [0, 0.05) is 24.9 Å². The number of nitrogens with zero attached hydrogens (tertiary/aromatic N) is 2. The molecule has 0 N–H and O–H groups in total. The van der Waals surface area contributed by atoms with Gasteiger partial charge in [0.25, 0.3) is 0 Å². The molecule has 1 aromatic rings. The molecule has 1 aliphatic carbocycles. The van der Waals surface area contributed by atoms with E-state index in [1.54, 1.807) is 44.6 Å². The number of esters is 1. The molecule has 4 bridgehead atoms. The van der Waals surface area contributed by atoms with E-state index >= 15 is 0 Å². The molecule has 0 aromatic heterocycles. The fourth-order valence-electron chi connectivity index (χ4n) is 6.50. The maximum Gasteiger partial charge on any atom is 0.410 e. The SMILES string of the molecule is CCOC(=O)C[C@]12[C@@H]3CCN(C(=O)OC(C)(C)C)[C@H]1[C@H](C=O)C[C@H]3C(=O)N2Cc1ccc(OC)cc1. The lowest BCUT2D eigenvalue weighted by atomic mass is 9.58. The number of carbonyl (C=O) groups is 4. The van der Waals surface area contributed by atoms with Crippen LogP contribution in [0.3, 0.4) is 0 Å². The number of amides is 2. The molecule has 1 aromatic carbocycles. The average Bonchev–Trinajstić information content (AvgIpc) is 2.96. The lowest BCUT2D eigenvalue weighted by Crippen LogP contribution is -2.71. The van der Waals surface area contributed by atoms with Crippen molar-refractivity contribution in [3.63, 3.8) is 0 Å². The molecule has 3 aliphatic rings. The summed E-state index contributed by atoms with van der Waals surface area (Å²) in [4.78, 5) is 56.0. The second-order valence-electron chi connectivity index (χ2n) is 10.9. The van der Waals surface area contributed by atoms with Crippen LogP contribution >= 0.6 is 0 Å². The first-order chi connectivity index (χ1) is 17.1. The fourth-order valence-corrected chi connectivity index (χ4v) is 6.50. The Balaban J connectivity index is 1.81. The second kappa shape index (κ2) is 9.75. The van der Waals surface area contributed by atoms with Crippen molar-refractivity contribution in [2.45, 2.75) is 70.7 Å². The summed E-state index contributed by atoms with van der Waals surface area (Å²) in [6.07, 6.45) is 1.10. The molecule has 2 heterocycles. The summed E-state index contributed by atoms with van der Waals surface area (Å²) < 4.78 is 16.3. The smallest absolute Gasteiger partial charge is 0.410 e. The van der Waals surface area contributed by atoms with Gasteiger partial charge in [0.2, 0.25) is 5.91 Å². The van der Waals surface area contributed by atoms with Gasteiger partial charge in [-0.25, -0.2) is 4.79 Å². The van der Waals surface area contributed by atoms with E-state index < -0.39 is 35.2 Å². The Morgan fingerprint density at radius 3 is 2.47 bits per heavy atom. The largest absolute Gasteiger partial charge is 0.497 e. The standard InChI is InChI=1S/C27H36N2O7/c1-6-35-22(31)14-27-21-11-12-28(25(33)36-26(2,3)4)23(27)18(16-30)13-20(21)24(32)29(27)15-17-7-9-19(34-5)10-8-17/h7-10,16,18,20-21,23H,6,11-15H2,1-5H3/t18-,20+,21+,23-,27-/m0/s1. The summed E-state index contributed by atoms with van der Waals surface area (Å²) in [5.74, 6) is -0.991. The van der Waals surface area contributed by atoms with E-state index in [4.69, 9.17) is 14.2 Å². The highest BCUT2D eigenvalue weighted by molar-refractivity contribution is 5.88. The van der Waals surface area contributed by atoms with Gasteiger partial charge in [-0.15, -0.1) is 0 Å². The quantitative estimate of drug-likeness (QED) is 0.418. The van der Waals surface area contributed by atoms with E-state index in [0.717, 1.165) is 11.8 Å². The molecule has 4 rings (SSSR count). The number of benzene rings is 1. The molecule has 2 amide bonds. The molecular formula is C27H36N2O7. The van der Waals surface area contributed by atoms with Crippen molar-refractivity contribution in [1.29, 1.82) is 0 Å². The van der Waals surface area contributed by atoms with Gasteiger partial charge in [-0.3, -0.25) is 9.59 Å². The molecule has 9 heteroatoms. The topological polar surface area (TPSA) is 102 Å². The normalized spacial score (nSPS) is 29.1. The first kappa shape index (κ1) is 26.0. The first-order valence-electron chi connectivity index (χ1n) is 12.6. The lowest BCUT2D eigenvalue weighted by molar-refractivity contribution is -0.157. The summed E-state index contributed by atoms with van der Waals surface area (Å²) in [5.41, 5.74) is -0.929. The van der Waals surface area contributed by atoms with Gasteiger partial charge in [-0.1, -0.05) is 12.1 Å². The van der Waals surface area contributed by atoms with Gasteiger partial charge >= 0.3 is 12.1 Å². The number of carbonyl (C=O) groups excluding carboxylic acids is 4. The molecule has 0 unspecified atom stereocenters. The van der Waals surface area contributed by atoms with Crippen LogP contribution in [0.4, 0.5) is 4.79 Å². The van der Waals surface area contributed by atoms with Gasteiger partial charge in [0.1, 0.15) is 17.6 Å². The Bertz CT molecular complexity index is 1020. The molecular weight excluding hydrogens is 464 g/mol. The Kier molecular flexibility index (Phi) is 7.03. The van der Waals surface area contributed by atoms with Crippen LogP contribution in [0, 0.1) is 17.8 Å². The van der Waals surface area contributed by atoms with Crippen LogP contribution in [0.1, 0.15) is 52.5 Å². The minimum absolute atomic E-state index is 0.0829. The number of ether oxygens (including phenoxy) is 3.